The fourth-order valence-corrected chi connectivity index (χ4v) is 2.31. The zero-order valence-corrected chi connectivity index (χ0v) is 12.8. The monoisotopic (exact) mass is 293 g/mol. The van der Waals surface area contributed by atoms with Gasteiger partial charge >= 0.3 is 5.97 Å². The summed E-state index contributed by atoms with van der Waals surface area (Å²) in [5.74, 6) is -0.786. The number of carboxylic acids is 1. The smallest absolute Gasteiger partial charge is 0.303 e. The zero-order chi connectivity index (χ0) is 15.7. The number of aryl methyl sites for hydroxylation is 1. The van der Waals surface area contributed by atoms with Crippen LogP contribution in [0.4, 0.5) is 0 Å². The minimum absolute atomic E-state index is 0.140. The fourth-order valence-electron chi connectivity index (χ4n) is 2.31. The fraction of sp³-hybridized carbons (Fsp3) is 0.588. The lowest BCUT2D eigenvalue weighted by molar-refractivity contribution is -0.136. The van der Waals surface area contributed by atoms with Gasteiger partial charge in [0.2, 0.25) is 0 Å². The van der Waals surface area contributed by atoms with Crippen molar-refractivity contribution < 1.29 is 15.0 Å². The topological polar surface area (TPSA) is 83.5 Å². The van der Waals surface area contributed by atoms with Crippen LogP contribution in [-0.4, -0.2) is 22.2 Å². The first-order valence-electron chi connectivity index (χ1n) is 7.73. The lowest BCUT2D eigenvalue weighted by Gasteiger charge is -2.12. The number of carbonyl (C=O) groups is 1. The molecule has 21 heavy (non-hydrogen) atoms. The number of benzene rings is 1. The summed E-state index contributed by atoms with van der Waals surface area (Å²) in [5, 5.41) is 18.8. The maximum atomic E-state index is 10.5. The molecule has 118 valence electrons. The summed E-state index contributed by atoms with van der Waals surface area (Å²) >= 11 is 0. The van der Waals surface area contributed by atoms with Crippen LogP contribution in [0.1, 0.15) is 62.7 Å². The molecule has 0 amide bonds. The molecule has 4 N–H and O–H groups in total. The van der Waals surface area contributed by atoms with Crippen molar-refractivity contribution in [3.05, 3.63) is 35.4 Å². The Morgan fingerprint density at radius 2 is 1.76 bits per heavy atom. The van der Waals surface area contributed by atoms with Crippen LogP contribution in [0.5, 0.6) is 0 Å². The molecule has 0 aliphatic rings. The highest BCUT2D eigenvalue weighted by Crippen LogP contribution is 2.21. The van der Waals surface area contributed by atoms with E-state index in [1.807, 2.05) is 31.2 Å². The van der Waals surface area contributed by atoms with E-state index in [-0.39, 0.29) is 12.5 Å². The van der Waals surface area contributed by atoms with Crippen LogP contribution in [0.2, 0.25) is 0 Å². The quantitative estimate of drug-likeness (QED) is 0.579. The standard InChI is InChI=1S/C17H27NO3/c1-13(18)5-3-2-4-6-16(19)15-10-7-14(8-11-15)9-12-17(20)21/h7-8,10-11,13,16,19H,2-6,9,12,18H2,1H3,(H,20,21). The van der Waals surface area contributed by atoms with Gasteiger partial charge in [-0.1, -0.05) is 43.5 Å². The predicted octanol–water partition coefficient (Wildman–Crippen LogP) is 3.03. The molecule has 0 aliphatic heterocycles. The molecular formula is C17H27NO3. The van der Waals surface area contributed by atoms with Crippen LogP contribution in [0.15, 0.2) is 24.3 Å². The Kier molecular flexibility index (Phi) is 8.01. The van der Waals surface area contributed by atoms with Crippen molar-refractivity contribution in [2.45, 2.75) is 64.0 Å². The van der Waals surface area contributed by atoms with E-state index in [1.165, 1.54) is 0 Å². The van der Waals surface area contributed by atoms with Crippen molar-refractivity contribution in [2.75, 3.05) is 0 Å². The Hall–Kier alpha value is -1.39. The molecule has 1 rings (SSSR count). The van der Waals surface area contributed by atoms with Crippen molar-refractivity contribution in [3.8, 4) is 0 Å². The van der Waals surface area contributed by atoms with Crippen LogP contribution in [-0.2, 0) is 11.2 Å². The van der Waals surface area contributed by atoms with Gasteiger partial charge in [-0.25, -0.2) is 0 Å². The van der Waals surface area contributed by atoms with Crippen LogP contribution < -0.4 is 5.73 Å². The third-order valence-corrected chi connectivity index (χ3v) is 3.63. The van der Waals surface area contributed by atoms with Gasteiger partial charge < -0.3 is 15.9 Å². The summed E-state index contributed by atoms with van der Waals surface area (Å²) in [6.07, 6.45) is 5.23. The lowest BCUT2D eigenvalue weighted by Crippen LogP contribution is -2.13. The molecule has 0 heterocycles. The summed E-state index contributed by atoms with van der Waals surface area (Å²) in [6, 6.07) is 7.84. The minimum atomic E-state index is -0.786. The van der Waals surface area contributed by atoms with Gasteiger partial charge in [-0.3, -0.25) is 4.79 Å². The number of hydrogen-bond acceptors (Lipinski definition) is 3. The number of aliphatic carboxylic acids is 1. The first kappa shape index (κ1) is 17.7. The summed E-state index contributed by atoms with van der Waals surface area (Å²) < 4.78 is 0. The molecule has 0 saturated heterocycles. The highest BCUT2D eigenvalue weighted by atomic mass is 16.4. The van der Waals surface area contributed by atoms with Crippen molar-refractivity contribution in [3.63, 3.8) is 0 Å². The largest absolute Gasteiger partial charge is 0.481 e. The predicted molar refractivity (Wildman–Crippen MR) is 84.1 cm³/mol. The van der Waals surface area contributed by atoms with E-state index in [2.05, 4.69) is 0 Å². The first-order valence-corrected chi connectivity index (χ1v) is 7.73. The van der Waals surface area contributed by atoms with Gasteiger partial charge in [-0.05, 0) is 37.3 Å². The lowest BCUT2D eigenvalue weighted by atomic mass is 10.00. The van der Waals surface area contributed by atoms with E-state index in [0.29, 0.717) is 6.42 Å². The molecule has 0 bridgehead atoms. The first-order chi connectivity index (χ1) is 9.99. The molecule has 0 aliphatic carbocycles. The van der Waals surface area contributed by atoms with Crippen LogP contribution in [0.3, 0.4) is 0 Å². The Balaban J connectivity index is 2.30. The summed E-state index contributed by atoms with van der Waals surface area (Å²) in [5.41, 5.74) is 7.59. The highest BCUT2D eigenvalue weighted by Gasteiger charge is 2.07. The summed E-state index contributed by atoms with van der Waals surface area (Å²) in [4.78, 5) is 10.5. The molecule has 0 fully saturated rings. The molecule has 2 unspecified atom stereocenters. The Morgan fingerprint density at radius 3 is 2.33 bits per heavy atom. The number of unbranched alkanes of at least 4 members (excludes halogenated alkanes) is 2. The van der Waals surface area contributed by atoms with Crippen molar-refractivity contribution >= 4 is 5.97 Å². The van der Waals surface area contributed by atoms with Gasteiger partial charge in [-0.2, -0.15) is 0 Å². The van der Waals surface area contributed by atoms with Gasteiger partial charge in [0.15, 0.2) is 0 Å². The number of aliphatic hydroxyl groups excluding tert-OH is 1. The van der Waals surface area contributed by atoms with Crippen molar-refractivity contribution in [1.29, 1.82) is 0 Å². The van der Waals surface area contributed by atoms with Gasteiger partial charge in [0.25, 0.3) is 0 Å². The number of nitrogens with two attached hydrogens (primary N) is 1. The van der Waals surface area contributed by atoms with Gasteiger partial charge in [-0.15, -0.1) is 0 Å². The molecular weight excluding hydrogens is 266 g/mol. The maximum Gasteiger partial charge on any atom is 0.303 e. The molecule has 0 aromatic heterocycles. The van der Waals surface area contributed by atoms with Crippen molar-refractivity contribution in [2.24, 2.45) is 5.73 Å². The van der Waals surface area contributed by atoms with E-state index in [0.717, 1.165) is 43.2 Å². The molecule has 0 saturated carbocycles. The molecule has 1 aromatic rings. The molecule has 0 radical (unpaired) electrons. The zero-order valence-electron chi connectivity index (χ0n) is 12.8. The number of aliphatic hydroxyl groups is 1. The van der Waals surface area contributed by atoms with Crippen LogP contribution in [0, 0.1) is 0 Å². The molecule has 4 heteroatoms. The average Bonchev–Trinajstić information content (AvgIpc) is 2.44. The number of hydrogen-bond donors (Lipinski definition) is 3. The SMILES string of the molecule is CC(N)CCCCCC(O)c1ccc(CCC(=O)O)cc1. The third-order valence-electron chi connectivity index (χ3n) is 3.63. The molecule has 4 nitrogen and oxygen atoms in total. The Labute approximate surface area is 127 Å². The third kappa shape index (κ3) is 7.83. The van der Waals surface area contributed by atoms with Gasteiger partial charge in [0.05, 0.1) is 6.10 Å². The van der Waals surface area contributed by atoms with Gasteiger partial charge in [0.1, 0.15) is 0 Å². The van der Waals surface area contributed by atoms with E-state index in [1.54, 1.807) is 0 Å². The second-order valence-corrected chi connectivity index (χ2v) is 5.77. The second-order valence-electron chi connectivity index (χ2n) is 5.77. The van der Waals surface area contributed by atoms with E-state index in [4.69, 9.17) is 10.8 Å². The summed E-state index contributed by atoms with van der Waals surface area (Å²) in [7, 11) is 0. The Bertz CT molecular complexity index is 415. The van der Waals surface area contributed by atoms with E-state index < -0.39 is 12.1 Å². The maximum absolute atomic E-state index is 10.5. The van der Waals surface area contributed by atoms with Gasteiger partial charge in [0, 0.05) is 12.5 Å². The molecule has 0 spiro atoms. The molecule has 2 atom stereocenters. The number of carboxylic acid groups (broad SMARTS) is 1. The van der Waals surface area contributed by atoms with E-state index in [9.17, 15) is 9.90 Å². The normalized spacial score (nSPS) is 13.9. The number of rotatable bonds is 10. The van der Waals surface area contributed by atoms with Crippen molar-refractivity contribution in [1.82, 2.24) is 0 Å². The van der Waals surface area contributed by atoms with Crippen LogP contribution in [0.25, 0.3) is 0 Å². The minimum Gasteiger partial charge on any atom is -0.481 e. The van der Waals surface area contributed by atoms with E-state index >= 15 is 0 Å². The second kappa shape index (κ2) is 9.53. The molecule has 1 aromatic carbocycles. The highest BCUT2D eigenvalue weighted by molar-refractivity contribution is 5.67. The average molecular weight is 293 g/mol. The summed E-state index contributed by atoms with van der Waals surface area (Å²) in [6.45, 7) is 2.01. The van der Waals surface area contributed by atoms with Crippen LogP contribution >= 0.6 is 0 Å². The Morgan fingerprint density at radius 1 is 1.14 bits per heavy atom.